The predicted octanol–water partition coefficient (Wildman–Crippen LogP) is 2.96. The molecule has 3 rings (SSSR count). The number of carbonyl (C=O) groups is 3. The number of carboxylic acids is 1. The highest BCUT2D eigenvalue weighted by molar-refractivity contribution is 5.89. The maximum absolute atomic E-state index is 12.0. The maximum atomic E-state index is 12.0. The molecule has 1 aliphatic carbocycles. The number of ether oxygens (including phenoxy) is 1. The number of rotatable bonds is 6. The lowest BCUT2D eigenvalue weighted by Gasteiger charge is -2.17. The van der Waals surface area contributed by atoms with Crippen molar-refractivity contribution in [2.75, 3.05) is 6.61 Å². The molecule has 26 heavy (non-hydrogen) atoms. The highest BCUT2D eigenvalue weighted by Gasteiger charge is 2.29. The van der Waals surface area contributed by atoms with E-state index in [1.165, 1.54) is 6.92 Å². The third-order valence-electron chi connectivity index (χ3n) is 4.51. The largest absolute Gasteiger partial charge is 0.481 e. The van der Waals surface area contributed by atoms with Crippen LogP contribution in [0, 0.1) is 0 Å². The van der Waals surface area contributed by atoms with Gasteiger partial charge < -0.3 is 15.2 Å². The number of Topliss-reactive ketones (excluding diaryl/α,β-unsaturated/α-hetero) is 1. The first-order valence-corrected chi connectivity index (χ1v) is 8.31. The molecule has 1 amide bonds. The SMILES string of the molecule is CC(=O)[C@@H](CC(=O)O)NC(=O)OCC1c2ccccc2-c2ccccc21. The highest BCUT2D eigenvalue weighted by atomic mass is 16.5. The molecule has 0 bridgehead atoms. The first-order chi connectivity index (χ1) is 12.5. The summed E-state index contributed by atoms with van der Waals surface area (Å²) in [6.45, 7) is 1.34. The molecule has 0 saturated heterocycles. The van der Waals surface area contributed by atoms with Crippen molar-refractivity contribution < 1.29 is 24.2 Å². The molecule has 2 aromatic rings. The zero-order chi connectivity index (χ0) is 18.7. The van der Waals surface area contributed by atoms with E-state index in [0.29, 0.717) is 0 Å². The standard InChI is InChI=1S/C20H19NO5/c1-12(22)18(10-19(23)24)21-20(25)26-11-17-15-8-4-2-6-13(15)14-7-3-5-9-16(14)17/h2-9,17-18H,10-11H2,1H3,(H,21,25)(H,23,24)/t18-/m1/s1. The van der Waals surface area contributed by atoms with Crippen LogP contribution in [0.3, 0.4) is 0 Å². The van der Waals surface area contributed by atoms with Gasteiger partial charge in [0, 0.05) is 5.92 Å². The summed E-state index contributed by atoms with van der Waals surface area (Å²) in [5, 5.41) is 11.2. The topological polar surface area (TPSA) is 92.7 Å². The van der Waals surface area contributed by atoms with Crippen molar-refractivity contribution in [3.63, 3.8) is 0 Å². The smallest absolute Gasteiger partial charge is 0.407 e. The van der Waals surface area contributed by atoms with E-state index in [-0.39, 0.29) is 12.5 Å². The molecule has 6 nitrogen and oxygen atoms in total. The summed E-state index contributed by atoms with van der Waals surface area (Å²) in [7, 11) is 0. The van der Waals surface area contributed by atoms with Crippen molar-refractivity contribution in [3.8, 4) is 11.1 Å². The van der Waals surface area contributed by atoms with Gasteiger partial charge in [0.05, 0.1) is 6.42 Å². The lowest BCUT2D eigenvalue weighted by atomic mass is 9.98. The molecule has 0 spiro atoms. The molecule has 0 saturated carbocycles. The van der Waals surface area contributed by atoms with E-state index in [4.69, 9.17) is 9.84 Å². The van der Waals surface area contributed by atoms with E-state index in [9.17, 15) is 14.4 Å². The van der Waals surface area contributed by atoms with Crippen LogP contribution < -0.4 is 5.32 Å². The highest BCUT2D eigenvalue weighted by Crippen LogP contribution is 2.44. The van der Waals surface area contributed by atoms with Crippen LogP contribution in [0.25, 0.3) is 11.1 Å². The summed E-state index contributed by atoms with van der Waals surface area (Å²) in [5.41, 5.74) is 4.39. The molecule has 0 unspecified atom stereocenters. The molecule has 0 heterocycles. The fraction of sp³-hybridized carbons (Fsp3) is 0.250. The van der Waals surface area contributed by atoms with Crippen LogP contribution in [0.2, 0.25) is 0 Å². The second-order valence-electron chi connectivity index (χ2n) is 6.23. The number of hydrogen-bond donors (Lipinski definition) is 2. The number of nitrogens with one attached hydrogen (secondary N) is 1. The van der Waals surface area contributed by atoms with Gasteiger partial charge in [0.2, 0.25) is 0 Å². The molecule has 1 aliphatic rings. The summed E-state index contributed by atoms with van der Waals surface area (Å²) >= 11 is 0. The van der Waals surface area contributed by atoms with Gasteiger partial charge in [-0.25, -0.2) is 4.79 Å². The quantitative estimate of drug-likeness (QED) is 0.833. The number of ketones is 1. The fourth-order valence-electron chi connectivity index (χ4n) is 3.25. The molecular formula is C20H19NO5. The van der Waals surface area contributed by atoms with Crippen LogP contribution in [0.5, 0.6) is 0 Å². The van der Waals surface area contributed by atoms with Gasteiger partial charge >= 0.3 is 12.1 Å². The van der Waals surface area contributed by atoms with Gasteiger partial charge in [-0.2, -0.15) is 0 Å². The molecule has 6 heteroatoms. The van der Waals surface area contributed by atoms with Crippen molar-refractivity contribution in [2.45, 2.75) is 25.3 Å². The summed E-state index contributed by atoms with van der Waals surface area (Å²) in [4.78, 5) is 34.3. The van der Waals surface area contributed by atoms with Crippen LogP contribution in [0.4, 0.5) is 4.79 Å². The number of hydrogen-bond acceptors (Lipinski definition) is 4. The molecule has 0 aromatic heterocycles. The van der Waals surface area contributed by atoms with E-state index in [0.717, 1.165) is 22.3 Å². The van der Waals surface area contributed by atoms with Crippen molar-refractivity contribution >= 4 is 17.8 Å². The minimum Gasteiger partial charge on any atom is -0.481 e. The van der Waals surface area contributed by atoms with Crippen LogP contribution in [0.1, 0.15) is 30.4 Å². The zero-order valence-corrected chi connectivity index (χ0v) is 14.3. The summed E-state index contributed by atoms with van der Waals surface area (Å²) in [6, 6.07) is 14.8. The van der Waals surface area contributed by atoms with Crippen molar-refractivity contribution in [1.29, 1.82) is 0 Å². The van der Waals surface area contributed by atoms with Crippen molar-refractivity contribution in [1.82, 2.24) is 5.32 Å². The molecule has 0 fully saturated rings. The summed E-state index contributed by atoms with van der Waals surface area (Å²) in [6.07, 6.45) is -1.27. The monoisotopic (exact) mass is 353 g/mol. The normalized spacial score (nSPS) is 13.4. The lowest BCUT2D eigenvalue weighted by molar-refractivity contribution is -0.139. The second kappa shape index (κ2) is 7.39. The minimum atomic E-state index is -1.16. The van der Waals surface area contributed by atoms with Gasteiger partial charge in [0.15, 0.2) is 5.78 Å². The van der Waals surface area contributed by atoms with E-state index in [1.54, 1.807) is 0 Å². The first kappa shape index (κ1) is 17.7. The van der Waals surface area contributed by atoms with E-state index < -0.39 is 30.3 Å². The Morgan fingerprint density at radius 3 is 2.08 bits per heavy atom. The van der Waals surface area contributed by atoms with Crippen LogP contribution >= 0.6 is 0 Å². The Balaban J connectivity index is 1.71. The Morgan fingerprint density at radius 2 is 1.58 bits per heavy atom. The number of amides is 1. The summed E-state index contributed by atoms with van der Waals surface area (Å²) in [5.74, 6) is -1.69. The molecule has 1 atom stereocenters. The Hall–Kier alpha value is -3.15. The average molecular weight is 353 g/mol. The molecule has 2 aromatic carbocycles. The Bertz CT molecular complexity index is 815. The number of benzene rings is 2. The van der Waals surface area contributed by atoms with E-state index in [2.05, 4.69) is 5.32 Å². The van der Waals surface area contributed by atoms with Crippen molar-refractivity contribution in [2.24, 2.45) is 0 Å². The van der Waals surface area contributed by atoms with Gasteiger partial charge in [-0.3, -0.25) is 9.59 Å². The zero-order valence-electron chi connectivity index (χ0n) is 14.3. The second-order valence-corrected chi connectivity index (χ2v) is 6.23. The van der Waals surface area contributed by atoms with Crippen molar-refractivity contribution in [3.05, 3.63) is 59.7 Å². The lowest BCUT2D eigenvalue weighted by Crippen LogP contribution is -2.41. The Kier molecular flexibility index (Phi) is 5.02. The molecule has 0 aliphatic heterocycles. The number of carbonyl (C=O) groups excluding carboxylic acids is 2. The predicted molar refractivity (Wildman–Crippen MR) is 94.9 cm³/mol. The van der Waals surface area contributed by atoms with Gasteiger partial charge in [0.25, 0.3) is 0 Å². The minimum absolute atomic E-state index is 0.0941. The van der Waals surface area contributed by atoms with Crippen LogP contribution in [0.15, 0.2) is 48.5 Å². The Labute approximate surface area is 150 Å². The average Bonchev–Trinajstić information content (AvgIpc) is 2.93. The molecule has 0 radical (unpaired) electrons. The number of fused-ring (bicyclic) bond motifs is 3. The molecule has 134 valence electrons. The van der Waals surface area contributed by atoms with E-state index >= 15 is 0 Å². The fourth-order valence-corrected chi connectivity index (χ4v) is 3.25. The van der Waals surface area contributed by atoms with Gasteiger partial charge in [0.1, 0.15) is 12.6 Å². The molecule has 2 N–H and O–H groups in total. The summed E-state index contributed by atoms with van der Waals surface area (Å²) < 4.78 is 5.31. The van der Waals surface area contributed by atoms with Crippen LogP contribution in [-0.4, -0.2) is 35.6 Å². The number of alkyl carbamates (subject to hydrolysis) is 1. The Morgan fingerprint density at radius 1 is 1.04 bits per heavy atom. The van der Waals surface area contributed by atoms with Gasteiger partial charge in [-0.15, -0.1) is 0 Å². The first-order valence-electron chi connectivity index (χ1n) is 8.31. The van der Waals surface area contributed by atoms with Crippen LogP contribution in [-0.2, 0) is 14.3 Å². The third kappa shape index (κ3) is 3.59. The van der Waals surface area contributed by atoms with E-state index in [1.807, 2.05) is 48.5 Å². The maximum Gasteiger partial charge on any atom is 0.407 e. The molecular weight excluding hydrogens is 334 g/mol. The number of aliphatic carboxylic acids is 1. The number of carboxylic acid groups (broad SMARTS) is 1. The van der Waals surface area contributed by atoms with Gasteiger partial charge in [-0.1, -0.05) is 48.5 Å². The third-order valence-corrected chi connectivity index (χ3v) is 4.51. The van der Waals surface area contributed by atoms with Gasteiger partial charge in [-0.05, 0) is 29.2 Å².